The maximum absolute atomic E-state index is 13.9. The van der Waals surface area contributed by atoms with Crippen LogP contribution in [0.1, 0.15) is 72.9 Å². The molecule has 8 nitrogen and oxygen atoms in total. The smallest absolute Gasteiger partial charge is 0.251 e. The van der Waals surface area contributed by atoms with Crippen LogP contribution in [0.2, 0.25) is 0 Å². The van der Waals surface area contributed by atoms with Crippen LogP contribution in [0.3, 0.4) is 0 Å². The zero-order valence-electron chi connectivity index (χ0n) is 25.7. The van der Waals surface area contributed by atoms with Gasteiger partial charge in [-0.3, -0.25) is 18.2 Å². The number of aliphatic hydroxyl groups excluding tert-OH is 1. The fraction of sp³-hybridized carbons (Fsp3) is 0.457. The third kappa shape index (κ3) is 8.55. The van der Waals surface area contributed by atoms with E-state index in [1.54, 1.807) is 16.4 Å². The largest absolute Gasteiger partial charge is 0.390 e. The molecule has 1 amide bonds. The zero-order valence-corrected chi connectivity index (χ0v) is 26.5. The molecule has 0 spiro atoms. The van der Waals surface area contributed by atoms with Crippen LogP contribution in [-0.4, -0.2) is 63.7 Å². The van der Waals surface area contributed by atoms with E-state index in [0.717, 1.165) is 29.7 Å². The molecule has 1 saturated carbocycles. The van der Waals surface area contributed by atoms with Gasteiger partial charge in [-0.05, 0) is 61.9 Å². The SMILES string of the molecule is CCNc1cc(C(=O)N[C@@H](Cc2ccccc2)[C@@H](O)CNC2CCCCC2)cc(N2CC(c3ccccc3)CCS2(O)O)c1. The van der Waals surface area contributed by atoms with E-state index in [4.69, 9.17) is 0 Å². The molecule has 1 unspecified atom stereocenters. The number of nitrogens with zero attached hydrogens (tertiary/aromatic N) is 1. The molecule has 1 saturated heterocycles. The number of hydrogen-bond donors (Lipinski definition) is 6. The average molecular weight is 621 g/mol. The van der Waals surface area contributed by atoms with Crippen molar-refractivity contribution in [3.05, 3.63) is 95.6 Å². The van der Waals surface area contributed by atoms with Crippen LogP contribution in [0.15, 0.2) is 78.9 Å². The van der Waals surface area contributed by atoms with Gasteiger partial charge >= 0.3 is 0 Å². The minimum absolute atomic E-state index is 0.137. The summed E-state index contributed by atoms with van der Waals surface area (Å²) in [6.45, 7) is 3.47. The summed E-state index contributed by atoms with van der Waals surface area (Å²) >= 11 is 0. The van der Waals surface area contributed by atoms with Gasteiger partial charge in [0.15, 0.2) is 0 Å². The first-order chi connectivity index (χ1) is 21.3. The highest BCUT2D eigenvalue weighted by atomic mass is 32.3. The molecule has 6 N–H and O–H groups in total. The zero-order chi connectivity index (χ0) is 30.9. The van der Waals surface area contributed by atoms with E-state index < -0.39 is 22.9 Å². The van der Waals surface area contributed by atoms with Crippen LogP contribution in [0.4, 0.5) is 11.4 Å². The van der Waals surface area contributed by atoms with Gasteiger partial charge in [0, 0.05) is 42.8 Å². The van der Waals surface area contributed by atoms with Gasteiger partial charge in [0.25, 0.3) is 5.91 Å². The Bertz CT molecular complexity index is 1340. The molecule has 3 aromatic carbocycles. The monoisotopic (exact) mass is 620 g/mol. The Hall–Kier alpha value is -3.08. The minimum Gasteiger partial charge on any atom is -0.390 e. The first-order valence-electron chi connectivity index (χ1n) is 16.1. The first kappa shape index (κ1) is 32.3. The standard InChI is InChI=1S/C35H48N4O4S/c1-2-36-31-21-29(22-32(23-31)39-25-28(18-19-44(39,42)43)27-14-8-4-9-15-27)35(41)38-33(20-26-12-6-3-7-13-26)34(40)24-37-30-16-10-5-11-17-30/h3-4,6-9,12-15,21-23,28,30,33-34,36-37,40,42-43H,2,5,10-11,16-20,24-25H2,1H3,(H,38,41)/t28?,33-,34-/m0/s1. The molecule has 3 aromatic rings. The van der Waals surface area contributed by atoms with Crippen LogP contribution in [0.5, 0.6) is 0 Å². The molecular weight excluding hydrogens is 572 g/mol. The molecule has 1 heterocycles. The number of rotatable bonds is 12. The van der Waals surface area contributed by atoms with Crippen LogP contribution in [-0.2, 0) is 6.42 Å². The Balaban J connectivity index is 1.38. The quantitative estimate of drug-likeness (QED) is 0.139. The van der Waals surface area contributed by atoms with E-state index in [9.17, 15) is 19.0 Å². The number of carbonyl (C=O) groups excluding carboxylic acids is 1. The Labute approximate surface area is 263 Å². The van der Waals surface area contributed by atoms with Crippen molar-refractivity contribution in [2.24, 2.45) is 0 Å². The number of carbonyl (C=O) groups is 1. The van der Waals surface area contributed by atoms with Crippen molar-refractivity contribution in [3.63, 3.8) is 0 Å². The lowest BCUT2D eigenvalue weighted by atomic mass is 9.94. The second-order valence-electron chi connectivity index (χ2n) is 12.2. The van der Waals surface area contributed by atoms with Crippen molar-refractivity contribution < 1.29 is 19.0 Å². The molecule has 2 fully saturated rings. The fourth-order valence-corrected chi connectivity index (χ4v) is 8.11. The van der Waals surface area contributed by atoms with Crippen LogP contribution in [0.25, 0.3) is 0 Å². The highest BCUT2D eigenvalue weighted by Crippen LogP contribution is 2.52. The summed E-state index contributed by atoms with van der Waals surface area (Å²) in [5.74, 6) is 0.0915. The van der Waals surface area contributed by atoms with Crippen molar-refractivity contribution in [3.8, 4) is 0 Å². The van der Waals surface area contributed by atoms with E-state index in [1.807, 2.05) is 61.5 Å². The van der Waals surface area contributed by atoms with Crippen LogP contribution < -0.4 is 20.3 Å². The summed E-state index contributed by atoms with van der Waals surface area (Å²) in [7, 11) is -3.06. The van der Waals surface area contributed by atoms with Gasteiger partial charge in [-0.2, -0.15) is 0 Å². The van der Waals surface area contributed by atoms with E-state index in [1.165, 1.54) is 19.3 Å². The molecule has 3 atom stereocenters. The summed E-state index contributed by atoms with van der Waals surface area (Å²) in [6.07, 6.45) is 6.29. The molecule has 5 rings (SSSR count). The van der Waals surface area contributed by atoms with Crippen LogP contribution >= 0.6 is 10.8 Å². The number of nitrogens with one attached hydrogen (secondary N) is 3. The molecule has 0 radical (unpaired) electrons. The second kappa shape index (κ2) is 15.3. The van der Waals surface area contributed by atoms with Crippen LogP contribution in [0, 0.1) is 0 Å². The van der Waals surface area contributed by atoms with E-state index in [-0.39, 0.29) is 17.6 Å². The highest BCUT2D eigenvalue weighted by Gasteiger charge is 2.34. The molecule has 2 aliphatic rings. The van der Waals surface area contributed by atoms with Gasteiger partial charge in [-0.25, -0.2) is 0 Å². The Kier molecular flexibility index (Phi) is 11.2. The second-order valence-corrected chi connectivity index (χ2v) is 14.3. The lowest BCUT2D eigenvalue weighted by molar-refractivity contribution is 0.0821. The van der Waals surface area contributed by atoms with Crippen molar-refractivity contribution in [1.29, 1.82) is 0 Å². The Morgan fingerprint density at radius 3 is 2.36 bits per heavy atom. The van der Waals surface area contributed by atoms with Gasteiger partial charge in [-0.15, -0.1) is 10.8 Å². The van der Waals surface area contributed by atoms with E-state index >= 15 is 0 Å². The minimum atomic E-state index is -3.06. The topological polar surface area (TPSA) is 117 Å². The van der Waals surface area contributed by atoms with Crippen molar-refractivity contribution in [2.75, 3.05) is 35.0 Å². The number of anilines is 2. The molecule has 1 aliphatic heterocycles. The summed E-state index contributed by atoms with van der Waals surface area (Å²) in [5, 5.41) is 21.3. The summed E-state index contributed by atoms with van der Waals surface area (Å²) in [5.41, 5.74) is 3.92. The maximum Gasteiger partial charge on any atom is 0.251 e. The lowest BCUT2D eigenvalue weighted by Gasteiger charge is -2.50. The highest BCUT2D eigenvalue weighted by molar-refractivity contribution is 8.25. The average Bonchev–Trinajstić information content (AvgIpc) is 3.04. The summed E-state index contributed by atoms with van der Waals surface area (Å²) < 4.78 is 24.0. The summed E-state index contributed by atoms with van der Waals surface area (Å²) in [4.78, 5) is 13.9. The molecule has 1 aliphatic carbocycles. The molecular formula is C35H48N4O4S. The van der Waals surface area contributed by atoms with E-state index in [0.29, 0.717) is 49.8 Å². The predicted molar refractivity (Wildman–Crippen MR) is 182 cm³/mol. The van der Waals surface area contributed by atoms with Crippen molar-refractivity contribution >= 4 is 28.1 Å². The number of benzene rings is 3. The van der Waals surface area contributed by atoms with Gasteiger partial charge in [0.05, 0.1) is 23.6 Å². The molecule has 238 valence electrons. The number of hydrogen-bond acceptors (Lipinski definition) is 7. The Morgan fingerprint density at radius 1 is 0.955 bits per heavy atom. The first-order valence-corrected chi connectivity index (χ1v) is 17.7. The summed E-state index contributed by atoms with van der Waals surface area (Å²) in [6, 6.07) is 25.4. The molecule has 0 bridgehead atoms. The third-order valence-corrected chi connectivity index (χ3v) is 10.7. The third-order valence-electron chi connectivity index (χ3n) is 8.90. The number of amides is 1. The Morgan fingerprint density at radius 2 is 1.66 bits per heavy atom. The van der Waals surface area contributed by atoms with Gasteiger partial charge < -0.3 is 21.1 Å². The molecule has 9 heteroatoms. The van der Waals surface area contributed by atoms with Gasteiger partial charge in [0.2, 0.25) is 0 Å². The molecule has 44 heavy (non-hydrogen) atoms. The van der Waals surface area contributed by atoms with Gasteiger partial charge in [-0.1, -0.05) is 79.9 Å². The van der Waals surface area contributed by atoms with Crippen molar-refractivity contribution in [1.82, 2.24) is 10.6 Å². The van der Waals surface area contributed by atoms with E-state index in [2.05, 4.69) is 28.1 Å². The number of aliphatic hydroxyl groups is 1. The normalized spacial score (nSPS) is 20.8. The lowest BCUT2D eigenvalue weighted by Crippen LogP contribution is -2.50. The van der Waals surface area contributed by atoms with Gasteiger partial charge in [0.1, 0.15) is 0 Å². The maximum atomic E-state index is 13.9. The molecule has 0 aromatic heterocycles. The fourth-order valence-electron chi connectivity index (χ4n) is 6.42. The predicted octanol–water partition coefficient (Wildman–Crippen LogP) is 6.40. The van der Waals surface area contributed by atoms with Crippen molar-refractivity contribution in [2.45, 2.75) is 76.0 Å².